The minimum absolute atomic E-state index is 0.360. The minimum atomic E-state index is 0.360. The van der Waals surface area contributed by atoms with Crippen molar-refractivity contribution in [3.63, 3.8) is 0 Å². The quantitative estimate of drug-likeness (QED) is 0.756. The molecule has 0 aliphatic carbocycles. The van der Waals surface area contributed by atoms with Crippen LogP contribution in [0.25, 0.3) is 4.85 Å². The number of rotatable bonds is 1. The molecule has 0 N–H and O–H groups in total. The lowest BCUT2D eigenvalue weighted by atomic mass is 10.1. The van der Waals surface area contributed by atoms with Gasteiger partial charge in [0, 0.05) is 22.9 Å². The van der Waals surface area contributed by atoms with Crippen molar-refractivity contribution in [2.24, 2.45) is 0 Å². The second kappa shape index (κ2) is 5.12. The second-order valence-electron chi connectivity index (χ2n) is 4.88. The highest BCUT2D eigenvalue weighted by Gasteiger charge is 2.24. The van der Waals surface area contributed by atoms with Crippen LogP contribution in [0.3, 0.4) is 0 Å². The highest BCUT2D eigenvalue weighted by Crippen LogP contribution is 2.31. The van der Waals surface area contributed by atoms with Crippen LogP contribution in [0.2, 0.25) is 0 Å². The highest BCUT2D eigenvalue weighted by atomic mass is 32.1. The summed E-state index contributed by atoms with van der Waals surface area (Å²) in [5, 5.41) is 17.7. The number of nitrogens with zero attached hydrogens (tertiary/aromatic N) is 6. The molecule has 0 aromatic carbocycles. The van der Waals surface area contributed by atoms with Crippen LogP contribution in [-0.4, -0.2) is 21.7 Å². The Morgan fingerprint density at radius 2 is 2.14 bits per heavy atom. The standard InChI is InChI=1S/C14H12N6S/c1-8-9(2)14(19-18-13(8)16-3)20-5-4-10-11(7-20)21-12(6-15)17-10/h4-5,7H2,1-2H3. The maximum atomic E-state index is 8.94. The van der Waals surface area contributed by atoms with Crippen molar-refractivity contribution in [1.82, 2.24) is 15.2 Å². The van der Waals surface area contributed by atoms with Gasteiger partial charge in [0.05, 0.1) is 12.2 Å². The Labute approximate surface area is 126 Å². The third-order valence-corrected chi connectivity index (χ3v) is 4.69. The first kappa shape index (κ1) is 13.5. The van der Waals surface area contributed by atoms with Crippen LogP contribution in [0.15, 0.2) is 0 Å². The molecular weight excluding hydrogens is 284 g/mol. The van der Waals surface area contributed by atoms with Crippen molar-refractivity contribution in [1.29, 1.82) is 5.26 Å². The van der Waals surface area contributed by atoms with E-state index in [1.54, 1.807) is 0 Å². The largest absolute Gasteiger partial charge is 0.359 e. The van der Waals surface area contributed by atoms with Crippen LogP contribution in [0.1, 0.15) is 26.7 Å². The zero-order valence-electron chi connectivity index (χ0n) is 11.7. The third-order valence-electron chi connectivity index (χ3n) is 3.71. The highest BCUT2D eigenvalue weighted by molar-refractivity contribution is 7.12. The summed E-state index contributed by atoms with van der Waals surface area (Å²) in [5.74, 6) is 1.18. The van der Waals surface area contributed by atoms with Crippen LogP contribution in [-0.2, 0) is 13.0 Å². The molecule has 0 bridgehead atoms. The molecule has 0 saturated carbocycles. The number of hydrogen-bond acceptors (Lipinski definition) is 6. The van der Waals surface area contributed by atoms with E-state index in [-0.39, 0.29) is 0 Å². The fraction of sp³-hybridized carbons (Fsp3) is 0.357. The molecule has 3 heterocycles. The molecule has 0 fully saturated rings. The fourth-order valence-corrected chi connectivity index (χ4v) is 3.33. The molecule has 7 heteroatoms. The predicted molar refractivity (Wildman–Crippen MR) is 79.4 cm³/mol. The summed E-state index contributed by atoms with van der Waals surface area (Å²) in [6, 6.07) is 2.10. The van der Waals surface area contributed by atoms with Gasteiger partial charge in [-0.25, -0.2) is 4.98 Å². The van der Waals surface area contributed by atoms with E-state index in [9.17, 15) is 0 Å². The predicted octanol–water partition coefficient (Wildman–Crippen LogP) is 2.54. The Bertz CT molecular complexity index is 795. The van der Waals surface area contributed by atoms with Crippen LogP contribution < -0.4 is 4.90 Å². The molecule has 3 rings (SSSR count). The number of nitriles is 1. The van der Waals surface area contributed by atoms with Crippen molar-refractivity contribution in [2.75, 3.05) is 11.4 Å². The first-order valence-electron chi connectivity index (χ1n) is 6.49. The molecule has 0 radical (unpaired) electrons. The van der Waals surface area contributed by atoms with Gasteiger partial charge in [-0.1, -0.05) is 6.57 Å². The number of hydrogen-bond donors (Lipinski definition) is 0. The Kier molecular flexibility index (Phi) is 3.28. The van der Waals surface area contributed by atoms with Gasteiger partial charge >= 0.3 is 0 Å². The lowest BCUT2D eigenvalue weighted by Crippen LogP contribution is -2.31. The molecule has 1 aliphatic rings. The lowest BCUT2D eigenvalue weighted by molar-refractivity contribution is 0.707. The van der Waals surface area contributed by atoms with Crippen molar-refractivity contribution in [3.05, 3.63) is 38.1 Å². The zero-order valence-corrected chi connectivity index (χ0v) is 12.5. The lowest BCUT2D eigenvalue weighted by Gasteiger charge is -2.27. The van der Waals surface area contributed by atoms with Gasteiger partial charge < -0.3 is 9.74 Å². The summed E-state index contributed by atoms with van der Waals surface area (Å²) in [6.07, 6.45) is 0.804. The number of anilines is 1. The van der Waals surface area contributed by atoms with Gasteiger partial charge in [-0.05, 0) is 30.1 Å². The van der Waals surface area contributed by atoms with Crippen molar-refractivity contribution in [2.45, 2.75) is 26.8 Å². The Hall–Kier alpha value is -2.51. The summed E-state index contributed by atoms with van der Waals surface area (Å²) < 4.78 is 0. The Balaban J connectivity index is 1.95. The second-order valence-corrected chi connectivity index (χ2v) is 5.96. The molecule has 2 aromatic rings. The zero-order chi connectivity index (χ0) is 15.0. The average Bonchev–Trinajstić information content (AvgIpc) is 2.92. The molecule has 0 atom stereocenters. The normalized spacial score (nSPS) is 13.4. The van der Waals surface area contributed by atoms with Gasteiger partial charge in [0.2, 0.25) is 0 Å². The van der Waals surface area contributed by atoms with E-state index in [2.05, 4.69) is 31.0 Å². The molecule has 0 unspecified atom stereocenters. The summed E-state index contributed by atoms with van der Waals surface area (Å²) in [4.78, 5) is 11.0. The maximum Gasteiger partial charge on any atom is 0.299 e. The van der Waals surface area contributed by atoms with E-state index in [1.165, 1.54) is 11.3 Å². The van der Waals surface area contributed by atoms with Crippen LogP contribution in [0, 0.1) is 31.8 Å². The first-order chi connectivity index (χ1) is 10.1. The van der Waals surface area contributed by atoms with E-state index in [0.29, 0.717) is 17.4 Å². The average molecular weight is 296 g/mol. The van der Waals surface area contributed by atoms with Gasteiger partial charge in [0.1, 0.15) is 6.07 Å². The first-order valence-corrected chi connectivity index (χ1v) is 7.30. The Morgan fingerprint density at radius 1 is 1.33 bits per heavy atom. The summed E-state index contributed by atoms with van der Waals surface area (Å²) in [5.41, 5.74) is 2.89. The summed E-state index contributed by atoms with van der Waals surface area (Å²) in [6.45, 7) is 12.5. The van der Waals surface area contributed by atoms with Gasteiger partial charge in [-0.2, -0.15) is 5.26 Å². The van der Waals surface area contributed by atoms with E-state index in [1.807, 2.05) is 13.8 Å². The molecule has 2 aromatic heterocycles. The molecule has 1 aliphatic heterocycles. The minimum Gasteiger partial charge on any atom is -0.359 e. The van der Waals surface area contributed by atoms with E-state index in [0.717, 1.165) is 40.5 Å². The van der Waals surface area contributed by atoms with E-state index >= 15 is 0 Å². The van der Waals surface area contributed by atoms with Crippen molar-refractivity contribution < 1.29 is 0 Å². The van der Waals surface area contributed by atoms with Gasteiger partial charge in [0.25, 0.3) is 5.82 Å². The van der Waals surface area contributed by atoms with Crippen LogP contribution in [0.4, 0.5) is 11.6 Å². The van der Waals surface area contributed by atoms with Crippen molar-refractivity contribution >= 4 is 23.0 Å². The van der Waals surface area contributed by atoms with Gasteiger partial charge in [-0.15, -0.1) is 11.3 Å². The van der Waals surface area contributed by atoms with Crippen LogP contribution in [0.5, 0.6) is 0 Å². The number of fused-ring (bicyclic) bond motifs is 1. The topological polar surface area (TPSA) is 70.1 Å². The molecular formula is C14H12N6S. The van der Waals surface area contributed by atoms with Crippen molar-refractivity contribution in [3.8, 4) is 6.07 Å². The van der Waals surface area contributed by atoms with Gasteiger partial charge in [-0.3, -0.25) is 0 Å². The molecule has 6 nitrogen and oxygen atoms in total. The fourth-order valence-electron chi connectivity index (χ4n) is 2.41. The molecule has 0 spiro atoms. The number of thiazole rings is 1. The maximum absolute atomic E-state index is 8.94. The van der Waals surface area contributed by atoms with E-state index in [4.69, 9.17) is 11.8 Å². The third kappa shape index (κ3) is 2.22. The van der Waals surface area contributed by atoms with E-state index < -0.39 is 0 Å². The summed E-state index contributed by atoms with van der Waals surface area (Å²) >= 11 is 1.44. The number of aromatic nitrogens is 3. The SMILES string of the molecule is [C-]#[N+]c1nnc(N2CCc3nc(C#N)sc3C2)c(C)c1C. The summed E-state index contributed by atoms with van der Waals surface area (Å²) in [7, 11) is 0. The molecule has 21 heavy (non-hydrogen) atoms. The molecule has 104 valence electrons. The Morgan fingerprint density at radius 3 is 2.86 bits per heavy atom. The molecule has 0 amide bonds. The van der Waals surface area contributed by atoms with Crippen LogP contribution >= 0.6 is 11.3 Å². The van der Waals surface area contributed by atoms with Gasteiger partial charge in [0.15, 0.2) is 10.8 Å². The molecule has 0 saturated heterocycles. The monoisotopic (exact) mass is 296 g/mol. The smallest absolute Gasteiger partial charge is 0.299 e.